The summed E-state index contributed by atoms with van der Waals surface area (Å²) >= 11 is 0. The normalized spacial score (nSPS) is 15.1. The van der Waals surface area contributed by atoms with E-state index in [1.54, 1.807) is 12.1 Å². The molecule has 1 heterocycles. The number of fused-ring (bicyclic) bond motifs is 2. The van der Waals surface area contributed by atoms with Crippen LogP contribution in [0.3, 0.4) is 0 Å². The van der Waals surface area contributed by atoms with E-state index in [-0.39, 0.29) is 22.0 Å². The van der Waals surface area contributed by atoms with Crippen LogP contribution in [0.25, 0.3) is 10.9 Å². The first kappa shape index (κ1) is 19.3. The molecule has 2 aromatic carbocycles. The Labute approximate surface area is 164 Å². The van der Waals surface area contributed by atoms with Crippen molar-refractivity contribution in [3.8, 4) is 0 Å². The van der Waals surface area contributed by atoms with E-state index in [0.717, 1.165) is 18.2 Å². The Morgan fingerprint density at radius 3 is 1.90 bits per heavy atom. The van der Waals surface area contributed by atoms with Gasteiger partial charge >= 0.3 is 0 Å². The number of carbonyl (C=O) groups is 2. The van der Waals surface area contributed by atoms with Gasteiger partial charge in [-0.15, -0.1) is 0 Å². The van der Waals surface area contributed by atoms with Crippen LogP contribution in [0.4, 0.5) is 0 Å². The highest BCUT2D eigenvalue weighted by atomic mass is 32.2. The quantitative estimate of drug-likeness (QED) is 0.465. The second kappa shape index (κ2) is 6.26. The minimum Gasteiger partial charge on any atom is -0.293 e. The van der Waals surface area contributed by atoms with Gasteiger partial charge in [-0.3, -0.25) is 23.7 Å². The molecule has 9 nitrogen and oxygen atoms in total. The van der Waals surface area contributed by atoms with Crippen LogP contribution in [0.5, 0.6) is 0 Å². The Bertz CT molecular complexity index is 1410. The molecule has 0 unspecified atom stereocenters. The molecule has 1 aromatic heterocycles. The van der Waals surface area contributed by atoms with Gasteiger partial charge in [0.05, 0.1) is 16.1 Å². The van der Waals surface area contributed by atoms with E-state index in [9.17, 15) is 31.0 Å². The molecular formula is C18H11NO8S2. The van der Waals surface area contributed by atoms with Gasteiger partial charge in [-0.1, -0.05) is 24.3 Å². The highest BCUT2D eigenvalue weighted by Gasteiger charge is 2.43. The number of hydrogen-bond acceptors (Lipinski definition) is 7. The lowest BCUT2D eigenvalue weighted by Gasteiger charge is -2.13. The number of pyridine rings is 1. The Morgan fingerprint density at radius 2 is 1.38 bits per heavy atom. The van der Waals surface area contributed by atoms with Crippen molar-refractivity contribution < 1.29 is 35.5 Å². The van der Waals surface area contributed by atoms with Gasteiger partial charge in [-0.2, -0.15) is 16.8 Å². The van der Waals surface area contributed by atoms with Crippen molar-refractivity contribution in [3.05, 3.63) is 65.4 Å². The van der Waals surface area contributed by atoms with Gasteiger partial charge in [0.2, 0.25) is 0 Å². The highest BCUT2D eigenvalue weighted by molar-refractivity contribution is 7.86. The van der Waals surface area contributed by atoms with Crippen molar-refractivity contribution in [3.63, 3.8) is 0 Å². The molecule has 1 aliphatic carbocycles. The smallest absolute Gasteiger partial charge is 0.293 e. The fraction of sp³-hybridized carbons (Fsp3) is 0.0556. The van der Waals surface area contributed by atoms with E-state index in [0.29, 0.717) is 0 Å². The number of Topliss-reactive ketones (excluding diaryl/α,β-unsaturated/α-hetero) is 2. The third-order valence-electron chi connectivity index (χ3n) is 4.61. The van der Waals surface area contributed by atoms with Crippen LogP contribution >= 0.6 is 0 Å². The summed E-state index contributed by atoms with van der Waals surface area (Å²) < 4.78 is 65.4. The topological polar surface area (TPSA) is 156 Å². The monoisotopic (exact) mass is 433 g/mol. The fourth-order valence-electron chi connectivity index (χ4n) is 3.32. The summed E-state index contributed by atoms with van der Waals surface area (Å²) in [6.07, 6.45) is 0. The zero-order chi connectivity index (χ0) is 21.1. The van der Waals surface area contributed by atoms with Gasteiger partial charge in [0.15, 0.2) is 11.6 Å². The van der Waals surface area contributed by atoms with Crippen molar-refractivity contribution >= 4 is 42.7 Å². The molecule has 0 atom stereocenters. The summed E-state index contributed by atoms with van der Waals surface area (Å²) in [5.74, 6) is -2.87. The van der Waals surface area contributed by atoms with Gasteiger partial charge in [-0.05, 0) is 24.3 Å². The minimum atomic E-state index is -4.92. The van der Waals surface area contributed by atoms with Crippen LogP contribution in [-0.2, 0) is 20.2 Å². The number of benzene rings is 2. The average Bonchev–Trinajstić information content (AvgIpc) is 2.90. The van der Waals surface area contributed by atoms with Crippen molar-refractivity contribution in [1.29, 1.82) is 0 Å². The molecular weight excluding hydrogens is 422 g/mol. The molecule has 148 valence electrons. The Balaban J connectivity index is 2.00. The summed E-state index contributed by atoms with van der Waals surface area (Å²) in [6.45, 7) is 0. The Morgan fingerprint density at radius 1 is 0.793 bits per heavy atom. The zero-order valence-corrected chi connectivity index (χ0v) is 15.9. The molecule has 4 rings (SSSR count). The molecule has 3 aromatic rings. The van der Waals surface area contributed by atoms with E-state index in [1.807, 2.05) is 0 Å². The standard InChI is InChI=1S/C18H11NO8S2/c20-17-11-3-1-2-4-12(11)18(21)15(17)16-14(29(25,26)27)8-9-7-10(28(22,23)24)5-6-13(9)19-16/h1-8,15H,(H,22,23,24)(H,25,26,27). The predicted molar refractivity (Wildman–Crippen MR) is 99.2 cm³/mol. The van der Waals surface area contributed by atoms with E-state index >= 15 is 0 Å². The Kier molecular flexibility index (Phi) is 4.17. The predicted octanol–water partition coefficient (Wildman–Crippen LogP) is 1.89. The first-order valence-electron chi connectivity index (χ1n) is 8.05. The van der Waals surface area contributed by atoms with Crippen molar-refractivity contribution in [2.75, 3.05) is 0 Å². The van der Waals surface area contributed by atoms with Crippen LogP contribution in [0.2, 0.25) is 0 Å². The highest BCUT2D eigenvalue weighted by Crippen LogP contribution is 2.37. The SMILES string of the molecule is O=C1c2ccccc2C(=O)C1c1nc2ccc(S(=O)(=O)O)cc2cc1S(=O)(=O)O. The third kappa shape index (κ3) is 3.13. The summed E-state index contributed by atoms with van der Waals surface area (Å²) in [6, 6.07) is 10.1. The maximum atomic E-state index is 12.8. The lowest BCUT2D eigenvalue weighted by atomic mass is 9.98. The molecule has 0 saturated heterocycles. The molecule has 11 heteroatoms. The molecule has 0 aliphatic heterocycles. The summed E-state index contributed by atoms with van der Waals surface area (Å²) in [4.78, 5) is 28.3. The number of carbonyl (C=O) groups excluding carboxylic acids is 2. The molecule has 0 bridgehead atoms. The zero-order valence-electron chi connectivity index (χ0n) is 14.3. The van der Waals surface area contributed by atoms with Crippen LogP contribution < -0.4 is 0 Å². The number of hydrogen-bond donors (Lipinski definition) is 2. The maximum absolute atomic E-state index is 12.8. The second-order valence-electron chi connectivity index (χ2n) is 6.38. The average molecular weight is 433 g/mol. The van der Waals surface area contributed by atoms with E-state index in [2.05, 4.69) is 4.98 Å². The maximum Gasteiger partial charge on any atom is 0.296 e. The van der Waals surface area contributed by atoms with Gasteiger partial charge in [-0.25, -0.2) is 0 Å². The number of rotatable bonds is 3. The fourth-order valence-corrected chi connectivity index (χ4v) is 4.53. The molecule has 0 fully saturated rings. The molecule has 1 aliphatic rings. The van der Waals surface area contributed by atoms with Gasteiger partial charge in [0.25, 0.3) is 20.2 Å². The minimum absolute atomic E-state index is 0.0353. The van der Waals surface area contributed by atoms with E-state index in [1.165, 1.54) is 18.2 Å². The largest absolute Gasteiger partial charge is 0.296 e. The van der Waals surface area contributed by atoms with Gasteiger partial charge in [0.1, 0.15) is 10.8 Å². The van der Waals surface area contributed by atoms with E-state index < -0.39 is 53.2 Å². The molecule has 29 heavy (non-hydrogen) atoms. The molecule has 0 radical (unpaired) electrons. The number of ketones is 2. The van der Waals surface area contributed by atoms with Crippen molar-refractivity contribution in [1.82, 2.24) is 4.98 Å². The van der Waals surface area contributed by atoms with E-state index in [4.69, 9.17) is 4.55 Å². The Hall–Kier alpha value is -2.99. The van der Waals surface area contributed by atoms with Crippen LogP contribution in [0, 0.1) is 0 Å². The molecule has 0 saturated carbocycles. The number of nitrogens with zero attached hydrogens (tertiary/aromatic N) is 1. The second-order valence-corrected chi connectivity index (χ2v) is 9.19. The van der Waals surface area contributed by atoms with Crippen LogP contribution in [0.1, 0.15) is 32.3 Å². The summed E-state index contributed by atoms with van der Waals surface area (Å²) in [7, 11) is -9.49. The van der Waals surface area contributed by atoms with Crippen LogP contribution in [0.15, 0.2) is 58.3 Å². The lowest BCUT2D eigenvalue weighted by Crippen LogP contribution is -2.18. The van der Waals surface area contributed by atoms with Crippen molar-refractivity contribution in [2.45, 2.75) is 15.7 Å². The summed E-state index contributed by atoms with van der Waals surface area (Å²) in [5.41, 5.74) is -0.151. The third-order valence-corrected chi connectivity index (χ3v) is 6.34. The lowest BCUT2D eigenvalue weighted by molar-refractivity contribution is 0.0886. The number of aromatic nitrogens is 1. The first-order valence-corrected chi connectivity index (χ1v) is 10.9. The molecule has 0 spiro atoms. The van der Waals surface area contributed by atoms with Gasteiger partial charge in [0, 0.05) is 16.5 Å². The molecule has 2 N–H and O–H groups in total. The molecule has 0 amide bonds. The van der Waals surface area contributed by atoms with Gasteiger partial charge < -0.3 is 0 Å². The van der Waals surface area contributed by atoms with Crippen molar-refractivity contribution in [2.24, 2.45) is 0 Å². The summed E-state index contributed by atoms with van der Waals surface area (Å²) in [5, 5.41) is -0.0353. The first-order chi connectivity index (χ1) is 13.5. The van der Waals surface area contributed by atoms with Crippen LogP contribution in [-0.4, -0.2) is 42.5 Å².